The molecule has 4 N–H and O–H groups in total. The molecule has 1 aromatic heterocycles. The quantitative estimate of drug-likeness (QED) is 0.293. The summed E-state index contributed by atoms with van der Waals surface area (Å²) < 4.78 is 5.27. The van der Waals surface area contributed by atoms with Crippen molar-refractivity contribution in [3.63, 3.8) is 0 Å². The average Bonchev–Trinajstić information content (AvgIpc) is 2.91. The molecule has 0 radical (unpaired) electrons. The van der Waals surface area contributed by atoms with Gasteiger partial charge in [-0.2, -0.15) is 0 Å². The summed E-state index contributed by atoms with van der Waals surface area (Å²) in [5.74, 6) is -2.31. The predicted molar refractivity (Wildman–Crippen MR) is 131 cm³/mol. The molecular weight excluding hydrogens is 465 g/mol. The second-order valence-electron chi connectivity index (χ2n) is 8.56. The van der Waals surface area contributed by atoms with Gasteiger partial charge >= 0.3 is 7.12 Å². The molecule has 0 saturated carbocycles. The van der Waals surface area contributed by atoms with E-state index in [9.17, 15) is 24.4 Å². The van der Waals surface area contributed by atoms with Gasteiger partial charge in [-0.05, 0) is 31.2 Å². The number of aromatic nitrogens is 2. The van der Waals surface area contributed by atoms with E-state index in [1.807, 2.05) is 30.3 Å². The van der Waals surface area contributed by atoms with Crippen LogP contribution < -0.4 is 10.6 Å². The fourth-order valence-electron chi connectivity index (χ4n) is 3.91. The SMILES string of the molecule is O=C(NC(CCC(=O)N1CCOCC1)C(=O)N[C@@H](CCCc1ccccc1)B(O)O)c1cnccn1. The number of benzene rings is 1. The van der Waals surface area contributed by atoms with Crippen LogP contribution >= 0.6 is 0 Å². The molecule has 3 rings (SSSR count). The van der Waals surface area contributed by atoms with Gasteiger partial charge in [0.1, 0.15) is 11.7 Å². The van der Waals surface area contributed by atoms with Crippen LogP contribution in [0.4, 0.5) is 0 Å². The van der Waals surface area contributed by atoms with E-state index < -0.39 is 30.9 Å². The van der Waals surface area contributed by atoms with Gasteiger partial charge in [-0.15, -0.1) is 0 Å². The molecule has 3 amide bonds. The molecule has 1 aromatic carbocycles. The van der Waals surface area contributed by atoms with Gasteiger partial charge in [0.2, 0.25) is 11.8 Å². The van der Waals surface area contributed by atoms with Gasteiger partial charge in [0.05, 0.1) is 25.4 Å². The first-order valence-electron chi connectivity index (χ1n) is 12.1. The monoisotopic (exact) mass is 497 g/mol. The van der Waals surface area contributed by atoms with Crippen LogP contribution in [0.1, 0.15) is 41.7 Å². The number of aryl methyl sites for hydroxylation is 1. The first kappa shape index (κ1) is 27.2. The van der Waals surface area contributed by atoms with Crippen LogP contribution in [-0.2, 0) is 20.7 Å². The van der Waals surface area contributed by atoms with Crippen LogP contribution in [0.2, 0.25) is 0 Å². The van der Waals surface area contributed by atoms with Gasteiger partial charge in [0.15, 0.2) is 0 Å². The summed E-state index contributed by atoms with van der Waals surface area (Å²) in [4.78, 5) is 47.8. The third kappa shape index (κ3) is 8.70. The molecule has 2 atom stereocenters. The van der Waals surface area contributed by atoms with Crippen molar-refractivity contribution in [2.75, 3.05) is 26.3 Å². The maximum Gasteiger partial charge on any atom is 0.475 e. The van der Waals surface area contributed by atoms with Crippen LogP contribution in [0, 0.1) is 0 Å². The van der Waals surface area contributed by atoms with Gasteiger partial charge in [-0.3, -0.25) is 19.4 Å². The maximum absolute atomic E-state index is 13.1. The van der Waals surface area contributed by atoms with E-state index in [1.54, 1.807) is 4.90 Å². The molecule has 1 saturated heterocycles. The van der Waals surface area contributed by atoms with Gasteiger partial charge < -0.3 is 30.3 Å². The summed E-state index contributed by atoms with van der Waals surface area (Å²) in [6, 6.07) is 8.65. The van der Waals surface area contributed by atoms with E-state index >= 15 is 0 Å². The second kappa shape index (κ2) is 14.3. The van der Waals surface area contributed by atoms with Crippen molar-refractivity contribution in [3.05, 3.63) is 60.2 Å². The number of hydrogen-bond acceptors (Lipinski definition) is 8. The van der Waals surface area contributed by atoms with Crippen LogP contribution in [0.15, 0.2) is 48.9 Å². The van der Waals surface area contributed by atoms with Crippen LogP contribution in [-0.4, -0.2) is 88.0 Å². The maximum atomic E-state index is 13.1. The van der Waals surface area contributed by atoms with Gasteiger partial charge in [-0.1, -0.05) is 30.3 Å². The lowest BCUT2D eigenvalue weighted by Crippen LogP contribution is -2.54. The minimum Gasteiger partial charge on any atom is -0.426 e. The van der Waals surface area contributed by atoms with Crippen molar-refractivity contribution in [1.82, 2.24) is 25.5 Å². The number of carbonyl (C=O) groups excluding carboxylic acids is 3. The Kier molecular flexibility index (Phi) is 10.8. The van der Waals surface area contributed by atoms with Crippen LogP contribution in [0.3, 0.4) is 0 Å². The summed E-state index contributed by atoms with van der Waals surface area (Å²) in [6.07, 6.45) is 5.75. The number of nitrogens with zero attached hydrogens (tertiary/aromatic N) is 3. The third-order valence-corrected chi connectivity index (χ3v) is 5.94. The summed E-state index contributed by atoms with van der Waals surface area (Å²) in [5.41, 5.74) is 1.13. The average molecular weight is 497 g/mol. The Morgan fingerprint density at radius 3 is 2.47 bits per heavy atom. The Morgan fingerprint density at radius 1 is 1.06 bits per heavy atom. The highest BCUT2D eigenvalue weighted by Gasteiger charge is 2.30. The van der Waals surface area contributed by atoms with Gasteiger partial charge in [-0.25, -0.2) is 4.98 Å². The Morgan fingerprint density at radius 2 is 1.81 bits per heavy atom. The first-order chi connectivity index (χ1) is 17.4. The van der Waals surface area contributed by atoms with Crippen molar-refractivity contribution in [2.45, 2.75) is 44.1 Å². The number of nitrogens with one attached hydrogen (secondary N) is 2. The molecule has 1 aliphatic rings. The zero-order valence-electron chi connectivity index (χ0n) is 20.1. The fraction of sp³-hybridized carbons (Fsp3) is 0.458. The highest BCUT2D eigenvalue weighted by molar-refractivity contribution is 6.43. The van der Waals surface area contributed by atoms with Crippen molar-refractivity contribution >= 4 is 24.8 Å². The molecule has 1 unspecified atom stereocenters. The van der Waals surface area contributed by atoms with E-state index in [2.05, 4.69) is 20.6 Å². The summed E-state index contributed by atoms with van der Waals surface area (Å²) in [7, 11) is -1.78. The lowest BCUT2D eigenvalue weighted by Gasteiger charge is -2.28. The number of hydrogen-bond donors (Lipinski definition) is 4. The van der Waals surface area contributed by atoms with E-state index in [1.165, 1.54) is 18.6 Å². The number of ether oxygens (including phenoxy) is 1. The molecular formula is C24H32BN5O6. The van der Waals surface area contributed by atoms with E-state index in [0.29, 0.717) is 45.6 Å². The Hall–Kier alpha value is -3.35. The number of amides is 3. The topological polar surface area (TPSA) is 154 Å². The molecule has 192 valence electrons. The molecule has 2 aromatic rings. The molecule has 1 fully saturated rings. The zero-order valence-corrected chi connectivity index (χ0v) is 20.1. The summed E-state index contributed by atoms with van der Waals surface area (Å²) in [6.45, 7) is 1.86. The third-order valence-electron chi connectivity index (χ3n) is 5.94. The molecule has 0 bridgehead atoms. The van der Waals surface area contributed by atoms with Gasteiger partial charge in [0.25, 0.3) is 5.91 Å². The largest absolute Gasteiger partial charge is 0.475 e. The summed E-state index contributed by atoms with van der Waals surface area (Å²) in [5, 5.41) is 24.9. The smallest absolute Gasteiger partial charge is 0.426 e. The molecule has 11 nitrogen and oxygen atoms in total. The molecule has 12 heteroatoms. The van der Waals surface area contributed by atoms with Crippen LogP contribution in [0.5, 0.6) is 0 Å². The molecule has 2 heterocycles. The van der Waals surface area contributed by atoms with E-state index in [4.69, 9.17) is 4.74 Å². The molecule has 1 aliphatic heterocycles. The minimum atomic E-state index is -1.78. The standard InChI is InChI=1S/C24H32BN5O6/c31-22(30-13-15-36-16-14-30)10-9-19(28-24(33)20-17-26-11-12-27-20)23(32)29-21(25(34)35)8-4-7-18-5-2-1-3-6-18/h1-3,5-6,11-12,17,19,21,34-35H,4,7-10,13-16H2,(H,28,33)(H,29,32)/t19?,21-/m0/s1. The highest BCUT2D eigenvalue weighted by Crippen LogP contribution is 2.10. The van der Waals surface area contributed by atoms with Gasteiger partial charge in [0, 0.05) is 31.9 Å². The lowest BCUT2D eigenvalue weighted by molar-refractivity contribution is -0.135. The van der Waals surface area contributed by atoms with E-state index in [0.717, 1.165) is 5.56 Å². The number of carbonyl (C=O) groups is 3. The molecule has 36 heavy (non-hydrogen) atoms. The minimum absolute atomic E-state index is 0.0245. The fourth-order valence-corrected chi connectivity index (χ4v) is 3.91. The number of morpholine rings is 1. The number of rotatable bonds is 12. The lowest BCUT2D eigenvalue weighted by atomic mass is 9.76. The first-order valence-corrected chi connectivity index (χ1v) is 12.1. The Balaban J connectivity index is 1.62. The summed E-state index contributed by atoms with van der Waals surface area (Å²) >= 11 is 0. The van der Waals surface area contributed by atoms with Crippen molar-refractivity contribution in [3.8, 4) is 0 Å². The predicted octanol–water partition coefficient (Wildman–Crippen LogP) is -0.266. The highest BCUT2D eigenvalue weighted by atomic mass is 16.5. The Labute approximate surface area is 210 Å². The van der Waals surface area contributed by atoms with E-state index in [-0.39, 0.29) is 24.4 Å². The van der Waals surface area contributed by atoms with Crippen molar-refractivity contribution < 1.29 is 29.2 Å². The second-order valence-corrected chi connectivity index (χ2v) is 8.56. The van der Waals surface area contributed by atoms with Crippen molar-refractivity contribution in [2.24, 2.45) is 0 Å². The normalized spacial score (nSPS) is 15.0. The Bertz CT molecular complexity index is 975. The zero-order chi connectivity index (χ0) is 25.8. The molecule has 0 spiro atoms. The molecule has 0 aliphatic carbocycles. The van der Waals surface area contributed by atoms with Crippen LogP contribution in [0.25, 0.3) is 0 Å². The van der Waals surface area contributed by atoms with Crippen molar-refractivity contribution in [1.29, 1.82) is 0 Å².